The number of piperidine rings is 1. The first-order valence-electron chi connectivity index (χ1n) is 6.51. The topological polar surface area (TPSA) is 120 Å². The number of hydrogen-bond donors (Lipinski definition) is 3. The molecule has 2 aromatic heterocycles. The molecule has 1 amide bonds. The third kappa shape index (κ3) is 4.68. The van der Waals surface area contributed by atoms with Crippen molar-refractivity contribution in [3.8, 4) is 0 Å². The molecule has 2 aromatic rings. The maximum Gasteiger partial charge on any atom is 0.195 e. The molecule has 3 rings (SSSR count). The summed E-state index contributed by atoms with van der Waals surface area (Å²) in [5, 5.41) is 2.96. The third-order valence-corrected chi connectivity index (χ3v) is 2.99. The van der Waals surface area contributed by atoms with E-state index in [1.54, 1.807) is 0 Å². The fourth-order valence-electron chi connectivity index (χ4n) is 1.93. The van der Waals surface area contributed by atoms with Gasteiger partial charge in [0.05, 0.1) is 5.82 Å². The standard InChI is InChI=1S/C8H6N5O.C5H10FN.W/c9-7-6-5(12-3-13-7)4(8(10)14)1-2-11-6;6-5-2-1-3-7-4-5;/h1,3H,(H2,10,14)(H2,9,12,13);5,7H,1-4H2;/q-1;;/t;5-;/m.0./s1. The number of anilines is 1. The molecule has 7 nitrogen and oxygen atoms in total. The number of nitrogens with two attached hydrogens (primary N) is 2. The summed E-state index contributed by atoms with van der Waals surface area (Å²) in [6.45, 7) is 1.57. The first-order valence-corrected chi connectivity index (χ1v) is 6.51. The number of alkyl halides is 1. The fraction of sp³-hybridized carbons (Fsp3) is 0.385. The molecular formula is C13H16FN6OW-. The quantitative estimate of drug-likeness (QED) is 0.508. The predicted molar refractivity (Wildman–Crippen MR) is 76.1 cm³/mol. The molecule has 0 aliphatic carbocycles. The molecule has 5 N–H and O–H groups in total. The Morgan fingerprint density at radius 2 is 2.18 bits per heavy atom. The van der Waals surface area contributed by atoms with E-state index in [1.165, 1.54) is 12.4 Å². The van der Waals surface area contributed by atoms with Gasteiger partial charge >= 0.3 is 0 Å². The van der Waals surface area contributed by atoms with Crippen LogP contribution in [0, 0.1) is 6.20 Å². The Labute approximate surface area is 141 Å². The van der Waals surface area contributed by atoms with E-state index in [1.807, 2.05) is 0 Å². The van der Waals surface area contributed by atoms with Gasteiger partial charge < -0.3 is 21.8 Å². The molecule has 1 saturated heterocycles. The number of hydrogen-bond acceptors (Lipinski definition) is 6. The molecule has 0 aromatic carbocycles. The van der Waals surface area contributed by atoms with E-state index in [0.29, 0.717) is 17.6 Å². The maximum atomic E-state index is 12.1. The van der Waals surface area contributed by atoms with Crippen molar-refractivity contribution in [1.29, 1.82) is 0 Å². The summed E-state index contributed by atoms with van der Waals surface area (Å²) < 4.78 is 12.1. The Morgan fingerprint density at radius 1 is 1.41 bits per heavy atom. The van der Waals surface area contributed by atoms with Crippen LogP contribution in [0.3, 0.4) is 0 Å². The largest absolute Gasteiger partial charge is 0.392 e. The van der Waals surface area contributed by atoms with Crippen molar-refractivity contribution in [3.63, 3.8) is 0 Å². The van der Waals surface area contributed by atoms with Crippen molar-refractivity contribution in [2.24, 2.45) is 5.73 Å². The normalized spacial score (nSPS) is 17.0. The van der Waals surface area contributed by atoms with Crippen LogP contribution in [0.25, 0.3) is 11.0 Å². The molecule has 1 aliphatic heterocycles. The Morgan fingerprint density at radius 3 is 2.73 bits per heavy atom. The second-order valence-corrected chi connectivity index (χ2v) is 4.56. The molecule has 1 fully saturated rings. The average molecular weight is 475 g/mol. The molecule has 118 valence electrons. The van der Waals surface area contributed by atoms with Gasteiger partial charge in [0, 0.05) is 33.1 Å². The smallest absolute Gasteiger partial charge is 0.195 e. The number of nitrogen functional groups attached to an aromatic ring is 1. The van der Waals surface area contributed by atoms with Crippen LogP contribution in [0.1, 0.15) is 23.2 Å². The van der Waals surface area contributed by atoms with Crippen molar-refractivity contribution in [1.82, 2.24) is 20.3 Å². The van der Waals surface area contributed by atoms with Crippen molar-refractivity contribution in [2.75, 3.05) is 18.8 Å². The molecule has 0 bridgehead atoms. The van der Waals surface area contributed by atoms with Gasteiger partial charge in [0.1, 0.15) is 12.5 Å². The van der Waals surface area contributed by atoms with Crippen LogP contribution in [0.15, 0.2) is 12.4 Å². The van der Waals surface area contributed by atoms with Gasteiger partial charge in [-0.1, -0.05) is 6.20 Å². The molecule has 9 heteroatoms. The van der Waals surface area contributed by atoms with Crippen molar-refractivity contribution < 1.29 is 30.3 Å². The molecule has 22 heavy (non-hydrogen) atoms. The van der Waals surface area contributed by atoms with Crippen LogP contribution in [0.5, 0.6) is 0 Å². The Hall–Kier alpha value is -1.66. The Kier molecular flexibility index (Phi) is 7.27. The number of aromatic nitrogens is 3. The summed E-state index contributed by atoms with van der Waals surface area (Å²) in [6.07, 6.45) is 4.95. The maximum absolute atomic E-state index is 12.1. The van der Waals surface area contributed by atoms with Gasteiger partial charge in [-0.2, -0.15) is 0 Å². The molecule has 0 spiro atoms. The molecule has 1 atom stereocenters. The first kappa shape index (κ1) is 18.4. The minimum Gasteiger partial charge on any atom is -0.392 e. The number of primary amides is 1. The Balaban J connectivity index is 0.000000258. The SMILES string of the molecule is F[C@H]1CCCNC1.NC(=O)c1c[c-]nc2c(N)ncnc12.[W]. The van der Waals surface area contributed by atoms with Gasteiger partial charge in [0.2, 0.25) is 0 Å². The van der Waals surface area contributed by atoms with Crippen LogP contribution < -0.4 is 16.8 Å². The third-order valence-electron chi connectivity index (χ3n) is 2.99. The number of nitrogens with zero attached hydrogens (tertiary/aromatic N) is 3. The van der Waals surface area contributed by atoms with Crippen LogP contribution >= 0.6 is 0 Å². The molecule has 0 saturated carbocycles. The molecule has 3 heterocycles. The number of pyridine rings is 1. The summed E-state index contributed by atoms with van der Waals surface area (Å²) in [7, 11) is 0. The van der Waals surface area contributed by atoms with Gasteiger partial charge in [-0.25, -0.2) is 9.37 Å². The summed E-state index contributed by atoms with van der Waals surface area (Å²) in [4.78, 5) is 22.5. The predicted octanol–water partition coefficient (Wildman–Crippen LogP) is 0.211. The van der Waals surface area contributed by atoms with Crippen LogP contribution in [0.2, 0.25) is 0 Å². The minimum absolute atomic E-state index is 0. The molecule has 0 unspecified atom stereocenters. The van der Waals surface area contributed by atoms with E-state index in [4.69, 9.17) is 11.5 Å². The van der Waals surface area contributed by atoms with Gasteiger partial charge in [-0.05, 0) is 30.5 Å². The van der Waals surface area contributed by atoms with Crippen LogP contribution in [-0.2, 0) is 21.1 Å². The number of halogens is 1. The zero-order chi connectivity index (χ0) is 15.2. The van der Waals surface area contributed by atoms with Crippen LogP contribution in [0.4, 0.5) is 10.2 Å². The van der Waals surface area contributed by atoms with E-state index < -0.39 is 12.1 Å². The van der Waals surface area contributed by atoms with Gasteiger partial charge in [-0.15, -0.1) is 6.07 Å². The number of rotatable bonds is 1. The molecular weight excluding hydrogens is 459 g/mol. The summed E-state index contributed by atoms with van der Waals surface area (Å²) in [5.41, 5.74) is 11.6. The number of amides is 1. The number of fused-ring (bicyclic) bond motifs is 1. The Bertz CT molecular complexity index is 635. The number of carbonyl (C=O) groups excluding carboxylic acids is 1. The van der Waals surface area contributed by atoms with Crippen molar-refractivity contribution in [2.45, 2.75) is 19.0 Å². The molecule has 1 aliphatic rings. The second kappa shape index (κ2) is 8.70. The zero-order valence-electron chi connectivity index (χ0n) is 11.8. The zero-order valence-corrected chi connectivity index (χ0v) is 14.7. The summed E-state index contributed by atoms with van der Waals surface area (Å²) >= 11 is 0. The number of carbonyl (C=O) groups is 1. The average Bonchev–Trinajstić information content (AvgIpc) is 2.48. The van der Waals surface area contributed by atoms with E-state index >= 15 is 0 Å². The van der Waals surface area contributed by atoms with Gasteiger partial charge in [0.15, 0.2) is 5.91 Å². The minimum atomic E-state index is -0.591. The van der Waals surface area contributed by atoms with Gasteiger partial charge in [-0.3, -0.25) is 9.78 Å². The van der Waals surface area contributed by atoms with E-state index in [9.17, 15) is 9.18 Å². The summed E-state index contributed by atoms with van der Waals surface area (Å²) in [5.74, 6) is -0.388. The fourth-order valence-corrected chi connectivity index (χ4v) is 1.93. The molecule has 0 radical (unpaired) electrons. The van der Waals surface area contributed by atoms with E-state index in [0.717, 1.165) is 19.4 Å². The van der Waals surface area contributed by atoms with Crippen molar-refractivity contribution in [3.05, 3.63) is 24.2 Å². The first-order chi connectivity index (χ1) is 10.1. The monoisotopic (exact) mass is 475 g/mol. The number of nitrogens with one attached hydrogen (secondary N) is 1. The second-order valence-electron chi connectivity index (χ2n) is 4.56. The van der Waals surface area contributed by atoms with E-state index in [-0.39, 0.29) is 32.4 Å². The van der Waals surface area contributed by atoms with Gasteiger partial charge in [0.25, 0.3) is 0 Å². The van der Waals surface area contributed by atoms with E-state index in [2.05, 4.69) is 26.5 Å². The van der Waals surface area contributed by atoms with Crippen LogP contribution in [-0.4, -0.2) is 40.1 Å². The summed E-state index contributed by atoms with van der Waals surface area (Å²) in [6, 6.07) is 1.37. The van der Waals surface area contributed by atoms with Crippen molar-refractivity contribution >= 4 is 22.8 Å².